The second-order valence-corrected chi connectivity index (χ2v) is 3.22. The molecule has 0 unspecified atom stereocenters. The maximum absolute atomic E-state index is 10.4. The minimum atomic E-state index is -0.595. The summed E-state index contributed by atoms with van der Waals surface area (Å²) < 4.78 is 0. The van der Waals surface area contributed by atoms with Crippen molar-refractivity contribution in [3.05, 3.63) is 32.3 Å². The van der Waals surface area contributed by atoms with Crippen molar-refractivity contribution in [1.29, 1.82) is 0 Å². The Balaban J connectivity index is 3.39. The Hall–Kier alpha value is -1.00. The molecule has 0 fully saturated rings. The fraction of sp³-hybridized carbons (Fsp3) is 0. The van der Waals surface area contributed by atoms with Gasteiger partial charge in [-0.2, -0.15) is 4.99 Å². The van der Waals surface area contributed by atoms with Crippen LogP contribution in [-0.2, 0) is 0 Å². The molecule has 0 aliphatic carbocycles. The van der Waals surface area contributed by atoms with E-state index in [0.717, 1.165) is 12.1 Å². The number of nitro benzene ring substituents is 1. The number of isothiocyanates is 1. The second-order valence-electron chi connectivity index (χ2n) is 2.22. The molecule has 14 heavy (non-hydrogen) atoms. The van der Waals surface area contributed by atoms with E-state index in [1.54, 1.807) is 0 Å². The van der Waals surface area contributed by atoms with E-state index in [9.17, 15) is 10.1 Å². The van der Waals surface area contributed by atoms with E-state index < -0.39 is 4.92 Å². The van der Waals surface area contributed by atoms with Crippen LogP contribution in [0.2, 0.25) is 10.0 Å². The Bertz CT molecular complexity index is 420. The zero-order valence-electron chi connectivity index (χ0n) is 6.53. The number of aliphatic imine (C=N–C) groups is 1. The maximum Gasteiger partial charge on any atom is 0.272 e. The summed E-state index contributed by atoms with van der Waals surface area (Å²) in [5.41, 5.74) is -0.00254. The number of hydrogen-bond donors (Lipinski definition) is 0. The fourth-order valence-electron chi connectivity index (χ4n) is 0.810. The zero-order chi connectivity index (χ0) is 10.7. The number of benzene rings is 1. The van der Waals surface area contributed by atoms with E-state index in [-0.39, 0.29) is 21.4 Å². The largest absolute Gasteiger partial charge is 0.272 e. The van der Waals surface area contributed by atoms with E-state index in [2.05, 4.69) is 22.4 Å². The summed E-state index contributed by atoms with van der Waals surface area (Å²) in [5.74, 6) is 0. The van der Waals surface area contributed by atoms with Crippen LogP contribution in [0.4, 0.5) is 11.4 Å². The first-order chi connectivity index (χ1) is 6.56. The van der Waals surface area contributed by atoms with Gasteiger partial charge >= 0.3 is 0 Å². The quantitative estimate of drug-likeness (QED) is 0.348. The third-order valence-corrected chi connectivity index (χ3v) is 2.04. The minimum Gasteiger partial charge on any atom is -0.258 e. The standard InChI is InChI=1S/C7H2Cl2N2O2S/c8-5-1-4(11(12)13)2-6(9)7(5)10-3-14/h1-2H. The number of nitrogens with zero attached hydrogens (tertiary/aromatic N) is 2. The molecule has 0 bridgehead atoms. The first kappa shape index (κ1) is 11.1. The van der Waals surface area contributed by atoms with Gasteiger partial charge in [0.15, 0.2) is 0 Å². The first-order valence-corrected chi connectivity index (χ1v) is 4.44. The molecule has 0 saturated carbocycles. The summed E-state index contributed by atoms with van der Waals surface area (Å²) in [6.45, 7) is 0. The molecule has 0 aliphatic rings. The lowest BCUT2D eigenvalue weighted by atomic mass is 10.3. The Morgan fingerprint density at radius 2 is 1.93 bits per heavy atom. The Kier molecular flexibility index (Phi) is 3.55. The first-order valence-electron chi connectivity index (χ1n) is 3.27. The third kappa shape index (κ3) is 2.27. The molecular weight excluding hydrogens is 247 g/mol. The predicted molar refractivity (Wildman–Crippen MR) is 57.8 cm³/mol. The highest BCUT2D eigenvalue weighted by atomic mass is 35.5. The molecule has 0 atom stereocenters. The van der Waals surface area contributed by atoms with E-state index in [4.69, 9.17) is 23.2 Å². The van der Waals surface area contributed by atoms with Crippen LogP contribution < -0.4 is 0 Å². The van der Waals surface area contributed by atoms with Crippen molar-refractivity contribution < 1.29 is 4.92 Å². The third-order valence-electron chi connectivity index (χ3n) is 1.37. The molecule has 0 aliphatic heterocycles. The summed E-state index contributed by atoms with van der Waals surface area (Å²) >= 11 is 15.7. The molecule has 7 heteroatoms. The highest BCUT2D eigenvalue weighted by molar-refractivity contribution is 7.78. The van der Waals surface area contributed by atoms with E-state index in [1.807, 2.05) is 0 Å². The number of non-ortho nitro benzene ring substituents is 1. The monoisotopic (exact) mass is 248 g/mol. The lowest BCUT2D eigenvalue weighted by Gasteiger charge is -1.99. The summed E-state index contributed by atoms with van der Waals surface area (Å²) in [6.07, 6.45) is 0. The van der Waals surface area contributed by atoms with Gasteiger partial charge in [0.1, 0.15) is 5.69 Å². The molecule has 0 amide bonds. The summed E-state index contributed by atoms with van der Waals surface area (Å²) in [6, 6.07) is 2.30. The van der Waals surface area contributed by atoms with Gasteiger partial charge in [0.05, 0.1) is 20.1 Å². The van der Waals surface area contributed by atoms with Crippen molar-refractivity contribution in [3.8, 4) is 0 Å². The highest BCUT2D eigenvalue weighted by Crippen LogP contribution is 2.36. The van der Waals surface area contributed by atoms with Crippen molar-refractivity contribution >= 4 is 52.0 Å². The van der Waals surface area contributed by atoms with Crippen molar-refractivity contribution in [3.63, 3.8) is 0 Å². The summed E-state index contributed by atoms with van der Waals surface area (Å²) in [7, 11) is 0. The second kappa shape index (κ2) is 4.48. The van der Waals surface area contributed by atoms with E-state index in [1.165, 1.54) is 0 Å². The number of rotatable bonds is 2. The molecule has 1 aromatic rings. The fourth-order valence-corrected chi connectivity index (χ4v) is 1.46. The lowest BCUT2D eigenvalue weighted by Crippen LogP contribution is -1.87. The van der Waals surface area contributed by atoms with Gasteiger partial charge in [0, 0.05) is 12.1 Å². The van der Waals surface area contributed by atoms with Crippen LogP contribution in [0.3, 0.4) is 0 Å². The number of halogens is 2. The van der Waals surface area contributed by atoms with Crippen molar-refractivity contribution in [1.82, 2.24) is 0 Å². The zero-order valence-corrected chi connectivity index (χ0v) is 8.86. The van der Waals surface area contributed by atoms with Gasteiger partial charge in [-0.05, 0) is 12.2 Å². The molecule has 0 saturated heterocycles. The predicted octanol–water partition coefficient (Wildman–Crippen LogP) is 3.64. The van der Waals surface area contributed by atoms with Gasteiger partial charge < -0.3 is 0 Å². The van der Waals surface area contributed by atoms with Crippen LogP contribution in [0.5, 0.6) is 0 Å². The molecular formula is C7H2Cl2N2O2S. The lowest BCUT2D eigenvalue weighted by molar-refractivity contribution is -0.384. The van der Waals surface area contributed by atoms with Gasteiger partial charge in [0.25, 0.3) is 5.69 Å². The van der Waals surface area contributed by atoms with Crippen LogP contribution in [0.25, 0.3) is 0 Å². The van der Waals surface area contributed by atoms with E-state index >= 15 is 0 Å². The molecule has 1 rings (SSSR count). The van der Waals surface area contributed by atoms with Crippen LogP contribution in [0, 0.1) is 10.1 Å². The van der Waals surface area contributed by atoms with Crippen LogP contribution in [0.15, 0.2) is 17.1 Å². The molecule has 0 heterocycles. The number of thiocarbonyl (C=S) groups is 1. The Morgan fingerprint density at radius 1 is 1.43 bits per heavy atom. The smallest absolute Gasteiger partial charge is 0.258 e. The van der Waals surface area contributed by atoms with Gasteiger partial charge in [0.2, 0.25) is 0 Å². The molecule has 0 aromatic heterocycles. The van der Waals surface area contributed by atoms with Crippen molar-refractivity contribution in [2.45, 2.75) is 0 Å². The molecule has 0 radical (unpaired) electrons. The topological polar surface area (TPSA) is 55.5 Å². The average Bonchev–Trinajstić information content (AvgIpc) is 2.10. The minimum absolute atomic E-state index is 0.0709. The number of hydrogen-bond acceptors (Lipinski definition) is 4. The van der Waals surface area contributed by atoms with Crippen LogP contribution >= 0.6 is 35.4 Å². The average molecular weight is 249 g/mol. The van der Waals surface area contributed by atoms with Crippen LogP contribution in [-0.4, -0.2) is 10.1 Å². The molecule has 4 nitrogen and oxygen atoms in total. The van der Waals surface area contributed by atoms with Crippen LogP contribution in [0.1, 0.15) is 0 Å². The Labute approximate surface area is 94.3 Å². The highest BCUT2D eigenvalue weighted by Gasteiger charge is 2.13. The normalized spacial score (nSPS) is 9.29. The van der Waals surface area contributed by atoms with E-state index in [0.29, 0.717) is 0 Å². The summed E-state index contributed by atoms with van der Waals surface area (Å²) in [5, 5.41) is 12.6. The SMILES string of the molecule is O=[N+]([O-])c1cc(Cl)c(N=C=S)c(Cl)c1. The van der Waals surface area contributed by atoms with Gasteiger partial charge in [-0.3, -0.25) is 10.1 Å². The van der Waals surface area contributed by atoms with Crippen molar-refractivity contribution in [2.75, 3.05) is 0 Å². The molecule has 1 aromatic carbocycles. The van der Waals surface area contributed by atoms with Crippen molar-refractivity contribution in [2.24, 2.45) is 4.99 Å². The van der Waals surface area contributed by atoms with Gasteiger partial charge in [-0.1, -0.05) is 23.2 Å². The van der Waals surface area contributed by atoms with Gasteiger partial charge in [-0.15, -0.1) is 0 Å². The Morgan fingerprint density at radius 3 is 2.29 bits per heavy atom. The molecule has 0 N–H and O–H groups in total. The molecule has 72 valence electrons. The molecule has 0 spiro atoms. The maximum atomic E-state index is 10.4. The summed E-state index contributed by atoms with van der Waals surface area (Å²) in [4.78, 5) is 13.4. The number of nitro groups is 1. The van der Waals surface area contributed by atoms with Gasteiger partial charge in [-0.25, -0.2) is 0 Å².